The molecule has 3 rings (SSSR count). The van der Waals surface area contributed by atoms with E-state index in [0.717, 1.165) is 47.8 Å². The van der Waals surface area contributed by atoms with Crippen LogP contribution in [0.5, 0.6) is 0 Å². The number of rotatable bonds is 5. The van der Waals surface area contributed by atoms with Crippen molar-refractivity contribution < 1.29 is 4.79 Å². The number of hydrogen-bond donors (Lipinski definition) is 1. The molecule has 1 aliphatic heterocycles. The lowest BCUT2D eigenvalue weighted by molar-refractivity contribution is -0.129. The first-order valence-corrected chi connectivity index (χ1v) is 8.75. The summed E-state index contributed by atoms with van der Waals surface area (Å²) < 4.78 is 0. The normalized spacial score (nSPS) is 17.1. The van der Waals surface area contributed by atoms with Crippen LogP contribution in [0.15, 0.2) is 12.4 Å². The highest BCUT2D eigenvalue weighted by Crippen LogP contribution is 2.24. The molecule has 1 fully saturated rings. The maximum absolute atomic E-state index is 12.6. The minimum atomic E-state index is 0.123. The van der Waals surface area contributed by atoms with E-state index < -0.39 is 0 Å². The number of nitrogens with zero attached hydrogens (tertiary/aromatic N) is 5. The van der Waals surface area contributed by atoms with Gasteiger partial charge in [-0.05, 0) is 33.6 Å². The maximum atomic E-state index is 12.6. The van der Waals surface area contributed by atoms with Crippen LogP contribution < -0.4 is 4.90 Å². The second-order valence-corrected chi connectivity index (χ2v) is 6.87. The van der Waals surface area contributed by atoms with Gasteiger partial charge in [0.25, 0.3) is 0 Å². The number of likely N-dealkylation sites (N-methyl/N-ethyl adjacent to an activating group) is 1. The second kappa shape index (κ2) is 7.21. The van der Waals surface area contributed by atoms with Crippen LogP contribution >= 0.6 is 0 Å². The lowest BCUT2D eigenvalue weighted by Gasteiger charge is -2.29. The van der Waals surface area contributed by atoms with Crippen molar-refractivity contribution in [1.29, 1.82) is 0 Å². The van der Waals surface area contributed by atoms with E-state index in [1.54, 1.807) is 6.33 Å². The molecule has 0 spiro atoms. The molecule has 1 atom stereocenters. The quantitative estimate of drug-likeness (QED) is 0.896. The SMILES string of the molecule is Cc1cc(N2CCCC2CN(C)C(=O)Cc2c(C)n[nH]c2C)ncn1. The van der Waals surface area contributed by atoms with Gasteiger partial charge in [-0.1, -0.05) is 0 Å². The molecule has 25 heavy (non-hydrogen) atoms. The lowest BCUT2D eigenvalue weighted by atomic mass is 10.1. The van der Waals surface area contributed by atoms with E-state index in [-0.39, 0.29) is 5.91 Å². The predicted octanol–water partition coefficient (Wildman–Crippen LogP) is 1.79. The van der Waals surface area contributed by atoms with E-state index in [1.807, 2.05) is 38.8 Å². The Morgan fingerprint density at radius 3 is 2.84 bits per heavy atom. The average molecular weight is 342 g/mol. The van der Waals surface area contributed by atoms with Gasteiger partial charge in [0, 0.05) is 49.2 Å². The highest BCUT2D eigenvalue weighted by Gasteiger charge is 2.28. The molecule has 1 N–H and O–H groups in total. The largest absolute Gasteiger partial charge is 0.352 e. The molecular formula is C18H26N6O. The van der Waals surface area contributed by atoms with Crippen molar-refractivity contribution in [2.24, 2.45) is 0 Å². The molecule has 1 aliphatic rings. The molecule has 0 aromatic carbocycles. The first-order chi connectivity index (χ1) is 12.0. The summed E-state index contributed by atoms with van der Waals surface area (Å²) in [6.45, 7) is 7.55. The fourth-order valence-electron chi connectivity index (χ4n) is 3.46. The highest BCUT2D eigenvalue weighted by molar-refractivity contribution is 5.79. The molecule has 1 amide bonds. The van der Waals surface area contributed by atoms with Crippen molar-refractivity contribution in [3.8, 4) is 0 Å². The zero-order chi connectivity index (χ0) is 18.0. The fraction of sp³-hybridized carbons (Fsp3) is 0.556. The zero-order valence-corrected chi connectivity index (χ0v) is 15.4. The third kappa shape index (κ3) is 3.81. The Bertz CT molecular complexity index is 736. The van der Waals surface area contributed by atoms with Gasteiger partial charge in [-0.15, -0.1) is 0 Å². The Kier molecular flexibility index (Phi) is 5.01. The van der Waals surface area contributed by atoms with Crippen LogP contribution in [-0.4, -0.2) is 57.2 Å². The number of hydrogen-bond acceptors (Lipinski definition) is 5. The smallest absolute Gasteiger partial charge is 0.226 e. The lowest BCUT2D eigenvalue weighted by Crippen LogP contribution is -2.42. The summed E-state index contributed by atoms with van der Waals surface area (Å²) in [5.74, 6) is 1.08. The van der Waals surface area contributed by atoms with E-state index in [9.17, 15) is 4.79 Å². The van der Waals surface area contributed by atoms with E-state index in [2.05, 4.69) is 25.1 Å². The number of aryl methyl sites for hydroxylation is 3. The van der Waals surface area contributed by atoms with Crippen molar-refractivity contribution >= 4 is 11.7 Å². The zero-order valence-electron chi connectivity index (χ0n) is 15.4. The van der Waals surface area contributed by atoms with Crippen LogP contribution in [0.1, 0.15) is 35.5 Å². The van der Waals surface area contributed by atoms with Crippen LogP contribution in [0.3, 0.4) is 0 Å². The fourth-order valence-corrected chi connectivity index (χ4v) is 3.46. The van der Waals surface area contributed by atoms with Crippen LogP contribution in [-0.2, 0) is 11.2 Å². The van der Waals surface area contributed by atoms with Crippen molar-refractivity contribution in [2.45, 2.75) is 46.1 Å². The van der Waals surface area contributed by atoms with Gasteiger partial charge in [0.15, 0.2) is 0 Å². The van der Waals surface area contributed by atoms with Crippen LogP contribution in [0.2, 0.25) is 0 Å². The Hall–Kier alpha value is -2.44. The topological polar surface area (TPSA) is 78.0 Å². The Morgan fingerprint density at radius 2 is 2.16 bits per heavy atom. The van der Waals surface area contributed by atoms with E-state index in [0.29, 0.717) is 19.0 Å². The summed E-state index contributed by atoms with van der Waals surface area (Å²) in [5.41, 5.74) is 3.84. The number of anilines is 1. The standard InChI is InChI=1S/C18H26N6O/c1-12-8-17(20-11-19-12)24-7-5-6-15(24)10-23(4)18(25)9-16-13(2)21-22-14(16)3/h8,11,15H,5-7,9-10H2,1-4H3,(H,21,22). The molecule has 0 bridgehead atoms. The summed E-state index contributed by atoms with van der Waals surface area (Å²) >= 11 is 0. The molecule has 2 aromatic heterocycles. The van der Waals surface area contributed by atoms with Crippen molar-refractivity contribution in [1.82, 2.24) is 25.1 Å². The number of carbonyl (C=O) groups excluding carboxylic acids is 1. The number of carbonyl (C=O) groups is 1. The van der Waals surface area contributed by atoms with Crippen molar-refractivity contribution in [2.75, 3.05) is 25.0 Å². The molecule has 0 aliphatic carbocycles. The van der Waals surface area contributed by atoms with E-state index in [4.69, 9.17) is 0 Å². The number of nitrogens with one attached hydrogen (secondary N) is 1. The third-order valence-corrected chi connectivity index (χ3v) is 4.98. The minimum absolute atomic E-state index is 0.123. The van der Waals surface area contributed by atoms with Gasteiger partial charge in [0.05, 0.1) is 12.1 Å². The van der Waals surface area contributed by atoms with Gasteiger partial charge in [-0.25, -0.2) is 9.97 Å². The predicted molar refractivity (Wildman–Crippen MR) is 96.5 cm³/mol. The molecule has 2 aromatic rings. The van der Waals surface area contributed by atoms with Crippen LogP contribution in [0.25, 0.3) is 0 Å². The molecular weight excluding hydrogens is 316 g/mol. The summed E-state index contributed by atoms with van der Waals surface area (Å²) in [7, 11) is 1.88. The maximum Gasteiger partial charge on any atom is 0.226 e. The number of aromatic amines is 1. The van der Waals surface area contributed by atoms with Crippen molar-refractivity contribution in [3.05, 3.63) is 35.0 Å². The van der Waals surface area contributed by atoms with Crippen LogP contribution in [0, 0.1) is 20.8 Å². The first-order valence-electron chi connectivity index (χ1n) is 8.75. The Labute approximate surface area is 148 Å². The molecule has 0 radical (unpaired) electrons. The van der Waals surface area contributed by atoms with Gasteiger partial charge in [0.1, 0.15) is 12.1 Å². The highest BCUT2D eigenvalue weighted by atomic mass is 16.2. The molecule has 1 unspecified atom stereocenters. The van der Waals surface area contributed by atoms with Gasteiger partial charge >= 0.3 is 0 Å². The molecule has 1 saturated heterocycles. The summed E-state index contributed by atoms with van der Waals surface area (Å²) in [4.78, 5) is 25.4. The first kappa shape index (κ1) is 17.4. The number of aromatic nitrogens is 4. The molecule has 0 saturated carbocycles. The number of H-pyrrole nitrogens is 1. The summed E-state index contributed by atoms with van der Waals surface area (Å²) in [6.07, 6.45) is 4.20. The van der Waals surface area contributed by atoms with E-state index >= 15 is 0 Å². The van der Waals surface area contributed by atoms with Gasteiger partial charge < -0.3 is 9.80 Å². The van der Waals surface area contributed by atoms with Gasteiger partial charge in [-0.3, -0.25) is 9.89 Å². The summed E-state index contributed by atoms with van der Waals surface area (Å²) in [6, 6.07) is 2.31. The second-order valence-electron chi connectivity index (χ2n) is 6.87. The van der Waals surface area contributed by atoms with Gasteiger partial charge in [0.2, 0.25) is 5.91 Å². The average Bonchev–Trinajstić information content (AvgIpc) is 3.16. The Morgan fingerprint density at radius 1 is 1.36 bits per heavy atom. The summed E-state index contributed by atoms with van der Waals surface area (Å²) in [5, 5.41) is 7.12. The van der Waals surface area contributed by atoms with Gasteiger partial charge in [-0.2, -0.15) is 5.10 Å². The third-order valence-electron chi connectivity index (χ3n) is 4.98. The monoisotopic (exact) mass is 342 g/mol. The molecule has 7 heteroatoms. The molecule has 3 heterocycles. The van der Waals surface area contributed by atoms with Crippen molar-refractivity contribution in [3.63, 3.8) is 0 Å². The Balaban J connectivity index is 1.65. The van der Waals surface area contributed by atoms with E-state index in [1.165, 1.54) is 0 Å². The number of amides is 1. The minimum Gasteiger partial charge on any atom is -0.352 e. The molecule has 7 nitrogen and oxygen atoms in total. The van der Waals surface area contributed by atoms with Crippen LogP contribution in [0.4, 0.5) is 5.82 Å². The molecule has 134 valence electrons.